The van der Waals surface area contributed by atoms with E-state index in [0.29, 0.717) is 6.04 Å². The summed E-state index contributed by atoms with van der Waals surface area (Å²) in [6.07, 6.45) is 5.25. The molecule has 1 aromatic rings. The largest absolute Gasteiger partial charge is 0.317 e. The molecule has 1 aliphatic carbocycles. The number of nitrogens with one attached hydrogen (secondary N) is 1. The van der Waals surface area contributed by atoms with Gasteiger partial charge >= 0.3 is 0 Å². The fourth-order valence-corrected chi connectivity index (χ4v) is 2.97. The zero-order valence-corrected chi connectivity index (χ0v) is 10.7. The predicted octanol–water partition coefficient (Wildman–Crippen LogP) is 2.14. The Balaban J connectivity index is 2.07. The molecule has 0 aromatic carbocycles. The molecule has 0 spiro atoms. The highest BCUT2D eigenvalue weighted by atomic mass is 15.3. The minimum Gasteiger partial charge on any atom is -0.317 e. The van der Waals surface area contributed by atoms with E-state index in [4.69, 9.17) is 0 Å². The lowest BCUT2D eigenvalue weighted by atomic mass is 9.97. The molecule has 2 rings (SSSR count). The molecule has 0 radical (unpaired) electrons. The summed E-state index contributed by atoms with van der Waals surface area (Å²) in [5, 5.41) is 7.97. The average molecular weight is 221 g/mol. The Morgan fingerprint density at radius 2 is 2.31 bits per heavy atom. The van der Waals surface area contributed by atoms with Gasteiger partial charge in [0.15, 0.2) is 0 Å². The molecule has 1 saturated carbocycles. The van der Waals surface area contributed by atoms with Crippen LogP contribution < -0.4 is 5.32 Å². The first-order valence-corrected chi connectivity index (χ1v) is 6.45. The highest BCUT2D eigenvalue weighted by molar-refractivity contribution is 5.10. The highest BCUT2D eigenvalue weighted by Crippen LogP contribution is 2.28. The summed E-state index contributed by atoms with van der Waals surface area (Å²) in [7, 11) is 2.09. The fourth-order valence-electron chi connectivity index (χ4n) is 2.97. The van der Waals surface area contributed by atoms with Gasteiger partial charge in [0.05, 0.1) is 5.69 Å². The summed E-state index contributed by atoms with van der Waals surface area (Å²) >= 11 is 0. The van der Waals surface area contributed by atoms with Crippen LogP contribution in [0.25, 0.3) is 0 Å². The van der Waals surface area contributed by atoms with Crippen LogP contribution in [0.3, 0.4) is 0 Å². The molecule has 16 heavy (non-hydrogen) atoms. The third-order valence-electron chi connectivity index (χ3n) is 3.79. The molecule has 1 N–H and O–H groups in total. The molecule has 1 fully saturated rings. The second-order valence-electron chi connectivity index (χ2n) is 4.88. The zero-order chi connectivity index (χ0) is 11.5. The first-order valence-electron chi connectivity index (χ1n) is 6.45. The fraction of sp³-hybridized carbons (Fsp3) is 0.769. The van der Waals surface area contributed by atoms with Crippen molar-refractivity contribution in [3.05, 3.63) is 17.5 Å². The van der Waals surface area contributed by atoms with Crippen molar-refractivity contribution in [3.8, 4) is 0 Å². The molecule has 2 unspecified atom stereocenters. The van der Waals surface area contributed by atoms with Crippen LogP contribution in [0.1, 0.15) is 37.6 Å². The minimum absolute atomic E-state index is 0.709. The molecule has 3 heteroatoms. The third-order valence-corrected chi connectivity index (χ3v) is 3.79. The van der Waals surface area contributed by atoms with Crippen LogP contribution in [0.2, 0.25) is 0 Å². The summed E-state index contributed by atoms with van der Waals surface area (Å²) in [5.74, 6) is 0.798. The summed E-state index contributed by atoms with van der Waals surface area (Å²) in [6, 6.07) is 2.95. The normalized spacial score (nSPS) is 25.2. The number of hydrogen-bond donors (Lipinski definition) is 1. The Bertz CT molecular complexity index is 343. The number of hydrogen-bond acceptors (Lipinski definition) is 2. The van der Waals surface area contributed by atoms with E-state index in [9.17, 15) is 0 Å². The number of rotatable bonds is 4. The Morgan fingerprint density at radius 3 is 3.00 bits per heavy atom. The molecule has 90 valence electrons. The van der Waals surface area contributed by atoms with Crippen molar-refractivity contribution in [3.63, 3.8) is 0 Å². The van der Waals surface area contributed by atoms with Crippen LogP contribution in [0.15, 0.2) is 6.07 Å². The van der Waals surface area contributed by atoms with Crippen molar-refractivity contribution < 1.29 is 0 Å². The zero-order valence-electron chi connectivity index (χ0n) is 10.7. The number of nitrogens with zero attached hydrogens (tertiary/aromatic N) is 2. The van der Waals surface area contributed by atoms with E-state index in [1.165, 1.54) is 31.4 Å². The molecule has 0 aliphatic heterocycles. The van der Waals surface area contributed by atoms with E-state index < -0.39 is 0 Å². The minimum atomic E-state index is 0.709. The first kappa shape index (κ1) is 11.6. The van der Waals surface area contributed by atoms with Crippen LogP contribution >= 0.6 is 0 Å². The van der Waals surface area contributed by atoms with Crippen LogP contribution in [-0.4, -0.2) is 22.9 Å². The lowest BCUT2D eigenvalue weighted by Crippen LogP contribution is -2.30. The molecule has 0 saturated heterocycles. The van der Waals surface area contributed by atoms with Gasteiger partial charge in [0.2, 0.25) is 0 Å². The maximum absolute atomic E-state index is 4.52. The quantitative estimate of drug-likeness (QED) is 0.844. The first-order chi connectivity index (χ1) is 7.74. The van der Waals surface area contributed by atoms with Gasteiger partial charge < -0.3 is 5.32 Å². The van der Waals surface area contributed by atoms with Gasteiger partial charge in [0.1, 0.15) is 0 Å². The third kappa shape index (κ3) is 2.29. The van der Waals surface area contributed by atoms with Gasteiger partial charge in [-0.15, -0.1) is 0 Å². The van der Waals surface area contributed by atoms with Gasteiger partial charge in [0.25, 0.3) is 0 Å². The molecule has 1 aromatic heterocycles. The van der Waals surface area contributed by atoms with Gasteiger partial charge in [0, 0.05) is 18.3 Å². The van der Waals surface area contributed by atoms with E-state index in [2.05, 4.69) is 42.1 Å². The van der Waals surface area contributed by atoms with Crippen LogP contribution in [0.4, 0.5) is 0 Å². The van der Waals surface area contributed by atoms with Crippen molar-refractivity contribution in [2.75, 3.05) is 7.05 Å². The topological polar surface area (TPSA) is 29.9 Å². The van der Waals surface area contributed by atoms with E-state index in [1.54, 1.807) is 0 Å². The molecule has 0 amide bonds. The van der Waals surface area contributed by atoms with Gasteiger partial charge in [-0.2, -0.15) is 5.10 Å². The summed E-state index contributed by atoms with van der Waals surface area (Å²) < 4.78 is 2.15. The van der Waals surface area contributed by atoms with Crippen LogP contribution in [0, 0.1) is 12.8 Å². The van der Waals surface area contributed by atoms with Gasteiger partial charge in [-0.3, -0.25) is 4.68 Å². The summed E-state index contributed by atoms with van der Waals surface area (Å²) in [4.78, 5) is 0. The lowest BCUT2D eigenvalue weighted by Gasteiger charge is -2.19. The maximum Gasteiger partial charge on any atom is 0.0596 e. The Kier molecular flexibility index (Phi) is 3.64. The Morgan fingerprint density at radius 1 is 1.50 bits per heavy atom. The van der Waals surface area contributed by atoms with Crippen molar-refractivity contribution >= 4 is 0 Å². The average Bonchev–Trinajstić information content (AvgIpc) is 2.85. The predicted molar refractivity (Wildman–Crippen MR) is 66.5 cm³/mol. The van der Waals surface area contributed by atoms with Crippen LogP contribution in [-0.2, 0) is 13.0 Å². The van der Waals surface area contributed by atoms with Gasteiger partial charge in [-0.25, -0.2) is 0 Å². The van der Waals surface area contributed by atoms with E-state index in [-0.39, 0.29) is 0 Å². The lowest BCUT2D eigenvalue weighted by molar-refractivity contribution is 0.411. The molecule has 1 aliphatic rings. The van der Waals surface area contributed by atoms with Crippen LogP contribution in [0.5, 0.6) is 0 Å². The van der Waals surface area contributed by atoms with Crippen molar-refractivity contribution in [2.24, 2.45) is 5.92 Å². The summed E-state index contributed by atoms with van der Waals surface area (Å²) in [5.41, 5.74) is 2.56. The van der Waals surface area contributed by atoms with E-state index in [0.717, 1.165) is 18.2 Å². The highest BCUT2D eigenvalue weighted by Gasteiger charge is 2.26. The number of aromatic nitrogens is 2. The smallest absolute Gasteiger partial charge is 0.0596 e. The van der Waals surface area contributed by atoms with Gasteiger partial charge in [-0.05, 0) is 52.1 Å². The molecule has 3 nitrogen and oxygen atoms in total. The molecular formula is C13H23N3. The van der Waals surface area contributed by atoms with E-state index >= 15 is 0 Å². The summed E-state index contributed by atoms with van der Waals surface area (Å²) in [6.45, 7) is 5.24. The Labute approximate surface area is 98.2 Å². The molecule has 0 bridgehead atoms. The molecule has 1 heterocycles. The monoisotopic (exact) mass is 221 g/mol. The van der Waals surface area contributed by atoms with Crippen molar-refractivity contribution in [1.82, 2.24) is 15.1 Å². The Hall–Kier alpha value is -0.830. The van der Waals surface area contributed by atoms with Crippen molar-refractivity contribution in [1.29, 1.82) is 0 Å². The number of aryl methyl sites for hydroxylation is 2. The second-order valence-corrected chi connectivity index (χ2v) is 4.88. The second kappa shape index (κ2) is 5.00. The van der Waals surface area contributed by atoms with E-state index in [1.807, 2.05) is 0 Å². The SMILES string of the molecule is CCn1nc(C)cc1CC1CCCC1NC. The molecule has 2 atom stereocenters. The molecular weight excluding hydrogens is 198 g/mol. The standard InChI is InChI=1S/C13H23N3/c1-4-16-12(8-10(2)15-16)9-11-6-5-7-13(11)14-3/h8,11,13-14H,4-7,9H2,1-3H3. The maximum atomic E-state index is 4.52. The van der Waals surface area contributed by atoms with Gasteiger partial charge in [-0.1, -0.05) is 6.42 Å². The van der Waals surface area contributed by atoms with Crippen molar-refractivity contribution in [2.45, 2.75) is 52.1 Å².